The van der Waals surface area contributed by atoms with Crippen LogP contribution >= 0.6 is 0 Å². The summed E-state index contributed by atoms with van der Waals surface area (Å²) >= 11 is 0. The van der Waals surface area contributed by atoms with Crippen molar-refractivity contribution in [1.82, 2.24) is 4.98 Å². The van der Waals surface area contributed by atoms with Crippen molar-refractivity contribution in [3.63, 3.8) is 0 Å². The van der Waals surface area contributed by atoms with Crippen LogP contribution in [0.15, 0.2) is 18.5 Å². The first-order valence-electron chi connectivity index (χ1n) is 7.41. The molecule has 0 saturated heterocycles. The highest BCUT2D eigenvalue weighted by Crippen LogP contribution is 2.40. The molecule has 0 aromatic carbocycles. The molecule has 1 aliphatic rings. The number of aliphatic hydroxyl groups is 1. The Hall–Kier alpha value is -0.930. The number of aliphatic hydroxyl groups excluding tert-OH is 1. The lowest BCUT2D eigenvalue weighted by Gasteiger charge is -2.37. The largest absolute Gasteiger partial charge is 0.385 e. The summed E-state index contributed by atoms with van der Waals surface area (Å²) in [5, 5.41) is 10.8. The Kier molecular flexibility index (Phi) is 4.94. The van der Waals surface area contributed by atoms with Gasteiger partial charge in [-0.1, -0.05) is 31.7 Å². The molecule has 3 nitrogen and oxygen atoms in total. The zero-order chi connectivity index (χ0) is 13.7. The number of aromatic nitrogens is 1. The monoisotopic (exact) mass is 263 g/mol. The molecule has 0 aliphatic heterocycles. The van der Waals surface area contributed by atoms with Crippen LogP contribution in [-0.2, 0) is 4.74 Å². The van der Waals surface area contributed by atoms with Gasteiger partial charge in [-0.25, -0.2) is 0 Å². The van der Waals surface area contributed by atoms with E-state index in [0.717, 1.165) is 36.8 Å². The van der Waals surface area contributed by atoms with Crippen molar-refractivity contribution >= 4 is 0 Å². The van der Waals surface area contributed by atoms with Gasteiger partial charge in [-0.05, 0) is 32.3 Å². The first-order chi connectivity index (χ1) is 9.18. The van der Waals surface area contributed by atoms with Crippen LogP contribution in [0.5, 0.6) is 0 Å². The Morgan fingerprint density at radius 3 is 2.53 bits per heavy atom. The van der Waals surface area contributed by atoms with Gasteiger partial charge in [0, 0.05) is 24.6 Å². The number of hydrogen-bond acceptors (Lipinski definition) is 3. The number of rotatable bonds is 4. The Balaban J connectivity index is 2.26. The SMILES string of the molecule is CCOC1(C(O)c2cncc(C)c2)CCCCCC1. The molecule has 19 heavy (non-hydrogen) atoms. The average molecular weight is 263 g/mol. The molecule has 1 aromatic heterocycles. The van der Waals surface area contributed by atoms with Gasteiger partial charge < -0.3 is 9.84 Å². The van der Waals surface area contributed by atoms with E-state index in [4.69, 9.17) is 4.74 Å². The summed E-state index contributed by atoms with van der Waals surface area (Å²) < 4.78 is 6.03. The van der Waals surface area contributed by atoms with E-state index in [0.29, 0.717) is 6.61 Å². The second kappa shape index (κ2) is 6.49. The van der Waals surface area contributed by atoms with Crippen molar-refractivity contribution in [1.29, 1.82) is 0 Å². The maximum Gasteiger partial charge on any atom is 0.109 e. The van der Waals surface area contributed by atoms with Crippen molar-refractivity contribution in [2.24, 2.45) is 0 Å². The molecule has 1 aromatic rings. The van der Waals surface area contributed by atoms with Crippen LogP contribution in [0.1, 0.15) is 62.7 Å². The number of hydrogen-bond donors (Lipinski definition) is 1. The highest BCUT2D eigenvalue weighted by Gasteiger charge is 2.39. The van der Waals surface area contributed by atoms with Crippen molar-refractivity contribution in [3.8, 4) is 0 Å². The fourth-order valence-electron chi connectivity index (χ4n) is 3.14. The molecule has 0 radical (unpaired) electrons. The van der Waals surface area contributed by atoms with E-state index in [1.165, 1.54) is 12.8 Å². The molecule has 0 spiro atoms. The predicted molar refractivity (Wildman–Crippen MR) is 76.0 cm³/mol. The van der Waals surface area contributed by atoms with Gasteiger partial charge in [0.1, 0.15) is 6.10 Å². The molecule has 1 aliphatic carbocycles. The molecular formula is C16H25NO2. The topological polar surface area (TPSA) is 42.4 Å². The highest BCUT2D eigenvalue weighted by molar-refractivity contribution is 5.21. The smallest absolute Gasteiger partial charge is 0.109 e. The minimum absolute atomic E-state index is 0.416. The zero-order valence-electron chi connectivity index (χ0n) is 12.1. The summed E-state index contributed by atoms with van der Waals surface area (Å²) in [4.78, 5) is 4.20. The predicted octanol–water partition coefficient (Wildman–Crippen LogP) is 3.55. The summed E-state index contributed by atoms with van der Waals surface area (Å²) in [7, 11) is 0. The van der Waals surface area contributed by atoms with Crippen molar-refractivity contribution < 1.29 is 9.84 Å². The number of ether oxygens (including phenoxy) is 1. The van der Waals surface area contributed by atoms with Crippen LogP contribution in [-0.4, -0.2) is 22.3 Å². The second-order valence-corrected chi connectivity index (χ2v) is 5.61. The first kappa shape index (κ1) is 14.5. The first-order valence-corrected chi connectivity index (χ1v) is 7.41. The lowest BCUT2D eigenvalue weighted by Crippen LogP contribution is -2.39. The van der Waals surface area contributed by atoms with E-state index in [-0.39, 0.29) is 0 Å². The Morgan fingerprint density at radius 2 is 1.95 bits per heavy atom. The molecule has 3 heteroatoms. The van der Waals surface area contributed by atoms with E-state index >= 15 is 0 Å². The van der Waals surface area contributed by atoms with E-state index < -0.39 is 11.7 Å². The van der Waals surface area contributed by atoms with Crippen molar-refractivity contribution in [2.45, 2.75) is 64.1 Å². The van der Waals surface area contributed by atoms with Gasteiger partial charge in [0.2, 0.25) is 0 Å². The van der Waals surface area contributed by atoms with Gasteiger partial charge in [0.05, 0.1) is 5.60 Å². The molecule has 1 N–H and O–H groups in total. The number of pyridine rings is 1. The number of aryl methyl sites for hydroxylation is 1. The van der Waals surface area contributed by atoms with Gasteiger partial charge in [0.15, 0.2) is 0 Å². The highest BCUT2D eigenvalue weighted by atomic mass is 16.5. The standard InChI is InChI=1S/C16H25NO2/c1-3-19-16(8-6-4-5-7-9-16)15(18)14-10-13(2)11-17-12-14/h10-12,15,18H,3-9H2,1-2H3. The van der Waals surface area contributed by atoms with Crippen LogP contribution in [0, 0.1) is 6.92 Å². The van der Waals surface area contributed by atoms with Crippen LogP contribution < -0.4 is 0 Å². The van der Waals surface area contributed by atoms with Crippen LogP contribution in [0.4, 0.5) is 0 Å². The summed E-state index contributed by atoms with van der Waals surface area (Å²) in [5.74, 6) is 0. The Labute approximate surface area is 116 Å². The summed E-state index contributed by atoms with van der Waals surface area (Å²) in [6, 6.07) is 2.02. The fourth-order valence-corrected chi connectivity index (χ4v) is 3.14. The molecule has 1 saturated carbocycles. The Bertz CT molecular complexity index is 397. The molecule has 1 atom stereocenters. The van der Waals surface area contributed by atoms with E-state index in [1.807, 2.05) is 26.1 Å². The molecule has 1 unspecified atom stereocenters. The third-order valence-corrected chi connectivity index (χ3v) is 4.09. The van der Waals surface area contributed by atoms with E-state index in [1.54, 1.807) is 6.20 Å². The molecule has 1 fully saturated rings. The molecular weight excluding hydrogens is 238 g/mol. The maximum absolute atomic E-state index is 10.8. The fraction of sp³-hybridized carbons (Fsp3) is 0.688. The number of nitrogens with zero attached hydrogens (tertiary/aromatic N) is 1. The summed E-state index contributed by atoms with van der Waals surface area (Å²) in [5.41, 5.74) is 1.55. The van der Waals surface area contributed by atoms with Gasteiger partial charge in [0.25, 0.3) is 0 Å². The van der Waals surface area contributed by atoms with Crippen molar-refractivity contribution in [2.75, 3.05) is 6.61 Å². The molecule has 1 heterocycles. The molecule has 0 bridgehead atoms. The summed E-state index contributed by atoms with van der Waals surface area (Å²) in [6.45, 7) is 4.66. The lowest BCUT2D eigenvalue weighted by molar-refractivity contribution is -0.131. The zero-order valence-corrected chi connectivity index (χ0v) is 12.1. The van der Waals surface area contributed by atoms with Crippen molar-refractivity contribution in [3.05, 3.63) is 29.6 Å². The third kappa shape index (κ3) is 3.34. The maximum atomic E-state index is 10.8. The quantitative estimate of drug-likeness (QED) is 0.845. The third-order valence-electron chi connectivity index (χ3n) is 4.09. The van der Waals surface area contributed by atoms with Crippen LogP contribution in [0.2, 0.25) is 0 Å². The van der Waals surface area contributed by atoms with E-state index in [9.17, 15) is 5.11 Å². The normalized spacial score (nSPS) is 20.8. The minimum atomic E-state index is -0.571. The van der Waals surface area contributed by atoms with Crippen LogP contribution in [0.3, 0.4) is 0 Å². The second-order valence-electron chi connectivity index (χ2n) is 5.61. The van der Waals surface area contributed by atoms with Gasteiger partial charge in [-0.2, -0.15) is 0 Å². The van der Waals surface area contributed by atoms with Gasteiger partial charge in [-0.15, -0.1) is 0 Å². The molecule has 106 valence electrons. The molecule has 2 rings (SSSR count). The average Bonchev–Trinajstić information content (AvgIpc) is 2.65. The van der Waals surface area contributed by atoms with Gasteiger partial charge >= 0.3 is 0 Å². The molecule has 0 amide bonds. The minimum Gasteiger partial charge on any atom is -0.385 e. The van der Waals surface area contributed by atoms with Gasteiger partial charge in [-0.3, -0.25) is 4.98 Å². The van der Waals surface area contributed by atoms with E-state index in [2.05, 4.69) is 4.98 Å². The van der Waals surface area contributed by atoms with Crippen LogP contribution in [0.25, 0.3) is 0 Å². The lowest BCUT2D eigenvalue weighted by atomic mass is 9.84. The Morgan fingerprint density at radius 1 is 1.26 bits per heavy atom. The summed E-state index contributed by atoms with van der Waals surface area (Å²) in [6.07, 6.45) is 9.65.